The molecule has 46 valence electrons. The molecule has 0 aromatic carbocycles. The Morgan fingerprint density at radius 3 is 2.75 bits per heavy atom. The number of hydrogen-bond donors (Lipinski definition) is 1. The van der Waals surface area contributed by atoms with Gasteiger partial charge in [-0.25, -0.2) is 0 Å². The molecule has 8 heavy (non-hydrogen) atoms. The van der Waals surface area contributed by atoms with Gasteiger partial charge in [0, 0.05) is 5.92 Å². The van der Waals surface area contributed by atoms with Gasteiger partial charge in [-0.3, -0.25) is 0 Å². The largest absolute Gasteiger partial charge is 0.390 e. The summed E-state index contributed by atoms with van der Waals surface area (Å²) in [5.74, 6) is 0.491. The Kier molecular flexibility index (Phi) is 0.746. The van der Waals surface area contributed by atoms with E-state index in [1.54, 1.807) is 0 Å². The minimum Gasteiger partial charge on any atom is -0.390 e. The lowest BCUT2D eigenvalue weighted by Gasteiger charge is -2.04. The minimum absolute atomic E-state index is 0.119. The third-order valence-corrected chi connectivity index (χ3v) is 2.05. The van der Waals surface area contributed by atoms with Crippen molar-refractivity contribution < 1.29 is 9.84 Å². The lowest BCUT2D eigenvalue weighted by Crippen LogP contribution is -2.08. The van der Waals surface area contributed by atoms with Crippen molar-refractivity contribution in [2.45, 2.75) is 31.7 Å². The Balaban J connectivity index is 2.00. The van der Waals surface area contributed by atoms with Crippen LogP contribution in [0.4, 0.5) is 0 Å². The first-order chi connectivity index (χ1) is 3.79. The number of ether oxygens (including phenoxy) is 1. The molecule has 1 aliphatic heterocycles. The number of hydrogen-bond acceptors (Lipinski definition) is 2. The minimum atomic E-state index is -0.119. The van der Waals surface area contributed by atoms with Crippen molar-refractivity contribution in [3.05, 3.63) is 0 Å². The van der Waals surface area contributed by atoms with Crippen molar-refractivity contribution >= 4 is 0 Å². The molecule has 0 aromatic heterocycles. The molecule has 1 heterocycles. The van der Waals surface area contributed by atoms with Gasteiger partial charge in [-0.15, -0.1) is 0 Å². The number of aliphatic hydroxyl groups is 1. The van der Waals surface area contributed by atoms with Crippen LogP contribution in [0.15, 0.2) is 0 Å². The highest BCUT2D eigenvalue weighted by Gasteiger charge is 2.56. The monoisotopic (exact) mass is 114 g/mol. The van der Waals surface area contributed by atoms with Gasteiger partial charge in [0.15, 0.2) is 0 Å². The first kappa shape index (κ1) is 4.77. The molecular weight excluding hydrogens is 104 g/mol. The van der Waals surface area contributed by atoms with Crippen LogP contribution in [0.2, 0.25) is 0 Å². The highest BCUT2D eigenvalue weighted by atomic mass is 16.5. The van der Waals surface area contributed by atoms with Crippen LogP contribution >= 0.6 is 0 Å². The normalized spacial score (nSPS) is 60.8. The SMILES string of the molecule is CC1CC2C(O)C2O1. The summed E-state index contributed by atoms with van der Waals surface area (Å²) in [6.45, 7) is 2.05. The van der Waals surface area contributed by atoms with E-state index in [1.165, 1.54) is 0 Å². The summed E-state index contributed by atoms with van der Waals surface area (Å²) in [5, 5.41) is 8.94. The van der Waals surface area contributed by atoms with E-state index in [0.717, 1.165) is 6.42 Å². The zero-order valence-electron chi connectivity index (χ0n) is 4.87. The molecule has 0 radical (unpaired) electrons. The van der Waals surface area contributed by atoms with Gasteiger partial charge in [0.1, 0.15) is 0 Å². The van der Waals surface area contributed by atoms with E-state index in [4.69, 9.17) is 9.84 Å². The third-order valence-electron chi connectivity index (χ3n) is 2.05. The van der Waals surface area contributed by atoms with Crippen LogP contribution in [0.3, 0.4) is 0 Å². The van der Waals surface area contributed by atoms with Gasteiger partial charge in [0.2, 0.25) is 0 Å². The molecule has 4 atom stereocenters. The second kappa shape index (κ2) is 1.25. The molecule has 1 N–H and O–H groups in total. The van der Waals surface area contributed by atoms with Gasteiger partial charge < -0.3 is 9.84 Å². The van der Waals surface area contributed by atoms with E-state index in [0.29, 0.717) is 12.0 Å². The second-order valence-electron chi connectivity index (χ2n) is 2.80. The van der Waals surface area contributed by atoms with Crippen molar-refractivity contribution in [3.63, 3.8) is 0 Å². The first-order valence-electron chi connectivity index (χ1n) is 3.12. The highest BCUT2D eigenvalue weighted by molar-refractivity contribution is 5.04. The van der Waals surface area contributed by atoms with Gasteiger partial charge in [-0.05, 0) is 13.3 Å². The zero-order valence-corrected chi connectivity index (χ0v) is 4.87. The fraction of sp³-hybridized carbons (Fsp3) is 1.00. The first-order valence-corrected chi connectivity index (χ1v) is 3.12. The van der Waals surface area contributed by atoms with Crippen LogP contribution in [-0.4, -0.2) is 23.4 Å². The molecule has 2 rings (SSSR count). The average molecular weight is 114 g/mol. The molecule has 1 saturated heterocycles. The summed E-state index contributed by atoms with van der Waals surface area (Å²) in [6.07, 6.45) is 1.55. The lowest BCUT2D eigenvalue weighted by atomic mass is 10.2. The molecule has 4 unspecified atom stereocenters. The maximum absolute atomic E-state index is 8.94. The number of aliphatic hydroxyl groups excluding tert-OH is 1. The Morgan fingerprint density at radius 1 is 1.62 bits per heavy atom. The van der Waals surface area contributed by atoms with Gasteiger partial charge >= 0.3 is 0 Å². The predicted octanol–water partition coefficient (Wildman–Crippen LogP) is 0.154. The summed E-state index contributed by atoms with van der Waals surface area (Å²) in [7, 11) is 0. The predicted molar refractivity (Wildman–Crippen MR) is 28.4 cm³/mol. The molecular formula is C6H10O2. The van der Waals surface area contributed by atoms with Gasteiger partial charge in [-0.2, -0.15) is 0 Å². The van der Waals surface area contributed by atoms with Gasteiger partial charge in [0.25, 0.3) is 0 Å². The topological polar surface area (TPSA) is 29.5 Å². The van der Waals surface area contributed by atoms with Crippen molar-refractivity contribution in [1.82, 2.24) is 0 Å². The fourth-order valence-corrected chi connectivity index (χ4v) is 1.49. The molecule has 0 spiro atoms. The van der Waals surface area contributed by atoms with Crippen LogP contribution in [0.5, 0.6) is 0 Å². The van der Waals surface area contributed by atoms with Crippen LogP contribution in [-0.2, 0) is 4.74 Å². The maximum atomic E-state index is 8.94. The summed E-state index contributed by atoms with van der Waals surface area (Å²) in [4.78, 5) is 0. The lowest BCUT2D eigenvalue weighted by molar-refractivity contribution is 0.0430. The molecule has 1 aliphatic carbocycles. The third kappa shape index (κ3) is 0.446. The second-order valence-corrected chi connectivity index (χ2v) is 2.80. The Hall–Kier alpha value is -0.0800. The molecule has 1 saturated carbocycles. The summed E-state index contributed by atoms with van der Waals surface area (Å²) < 4.78 is 5.30. The molecule has 2 heteroatoms. The van der Waals surface area contributed by atoms with Crippen LogP contribution < -0.4 is 0 Å². The highest BCUT2D eigenvalue weighted by Crippen LogP contribution is 2.45. The molecule has 2 nitrogen and oxygen atoms in total. The number of fused-ring (bicyclic) bond motifs is 1. The quantitative estimate of drug-likeness (QED) is 0.486. The van der Waals surface area contributed by atoms with Crippen molar-refractivity contribution in [2.75, 3.05) is 0 Å². The zero-order chi connectivity index (χ0) is 5.72. The van der Waals surface area contributed by atoms with Crippen LogP contribution in [0, 0.1) is 5.92 Å². The summed E-state index contributed by atoms with van der Waals surface area (Å²) in [5.41, 5.74) is 0. The average Bonchev–Trinajstić information content (AvgIpc) is 2.29. The van der Waals surface area contributed by atoms with E-state index in [2.05, 4.69) is 6.92 Å². The van der Waals surface area contributed by atoms with E-state index in [-0.39, 0.29) is 12.2 Å². The van der Waals surface area contributed by atoms with Crippen molar-refractivity contribution in [3.8, 4) is 0 Å². The Bertz CT molecular complexity index is 101. The molecule has 0 aromatic rings. The molecule has 2 aliphatic rings. The van der Waals surface area contributed by atoms with Crippen molar-refractivity contribution in [1.29, 1.82) is 0 Å². The standard InChI is InChI=1S/C6H10O2/c1-3-2-4-5(7)6(4)8-3/h3-7H,2H2,1H3. The van der Waals surface area contributed by atoms with E-state index in [1.807, 2.05) is 0 Å². The Morgan fingerprint density at radius 2 is 2.38 bits per heavy atom. The smallest absolute Gasteiger partial charge is 0.0895 e. The number of rotatable bonds is 0. The fourth-order valence-electron chi connectivity index (χ4n) is 1.49. The van der Waals surface area contributed by atoms with Gasteiger partial charge in [0.05, 0.1) is 18.3 Å². The maximum Gasteiger partial charge on any atom is 0.0895 e. The molecule has 0 amide bonds. The van der Waals surface area contributed by atoms with Crippen molar-refractivity contribution in [2.24, 2.45) is 5.92 Å². The Labute approximate surface area is 48.5 Å². The van der Waals surface area contributed by atoms with E-state index < -0.39 is 0 Å². The van der Waals surface area contributed by atoms with Crippen LogP contribution in [0.1, 0.15) is 13.3 Å². The van der Waals surface area contributed by atoms with E-state index in [9.17, 15) is 0 Å². The van der Waals surface area contributed by atoms with E-state index >= 15 is 0 Å². The molecule has 2 fully saturated rings. The summed E-state index contributed by atoms with van der Waals surface area (Å²) >= 11 is 0. The molecule has 0 bridgehead atoms. The summed E-state index contributed by atoms with van der Waals surface area (Å²) in [6, 6.07) is 0. The van der Waals surface area contributed by atoms with Crippen LogP contribution in [0.25, 0.3) is 0 Å². The van der Waals surface area contributed by atoms with Gasteiger partial charge in [-0.1, -0.05) is 0 Å².